The Morgan fingerprint density at radius 3 is 2.26 bits per heavy atom. The van der Waals surface area contributed by atoms with Crippen molar-refractivity contribution in [1.82, 2.24) is 34.8 Å². The number of rotatable bonds is 4. The van der Waals surface area contributed by atoms with Crippen molar-refractivity contribution >= 4 is 6.09 Å². The molecule has 1 saturated carbocycles. The van der Waals surface area contributed by atoms with Gasteiger partial charge in [-0.2, -0.15) is 15.3 Å². The molecule has 35 heavy (non-hydrogen) atoms. The maximum atomic E-state index is 9.62. The Morgan fingerprint density at radius 1 is 0.886 bits per heavy atom. The molecule has 1 N–H and O–H groups in total. The summed E-state index contributed by atoms with van der Waals surface area (Å²) in [6.07, 6.45) is 16.7. The summed E-state index contributed by atoms with van der Waals surface area (Å²) in [7, 11) is 2.95. The standard InChI is InChI=1S/C23H22N6.C3H7NO2/c1-2-7-22(8-3-1)29-16-21(15-28-29)20-12-24-23(25-13-20)18-6-4-5-17(11-18)19-9-10-26-27-14-19;1-4(2)3(5)6/h4-6,9-16,22H,1-3,7-8H2;1-2H3,(H,5,6). The van der Waals surface area contributed by atoms with Crippen LogP contribution in [0, 0.1) is 0 Å². The van der Waals surface area contributed by atoms with Crippen molar-refractivity contribution in [2.24, 2.45) is 0 Å². The van der Waals surface area contributed by atoms with Gasteiger partial charge in [-0.3, -0.25) is 4.68 Å². The minimum Gasteiger partial charge on any atom is -0.465 e. The van der Waals surface area contributed by atoms with Crippen molar-refractivity contribution in [3.8, 4) is 33.6 Å². The molecule has 9 heteroatoms. The van der Waals surface area contributed by atoms with E-state index in [1.54, 1.807) is 12.4 Å². The Bertz CT molecular complexity index is 1230. The number of aromatic nitrogens is 6. The molecule has 1 amide bonds. The van der Waals surface area contributed by atoms with Crippen LogP contribution < -0.4 is 0 Å². The Balaban J connectivity index is 0.000000431. The molecule has 0 aliphatic heterocycles. The lowest BCUT2D eigenvalue weighted by atomic mass is 9.96. The van der Waals surface area contributed by atoms with Crippen molar-refractivity contribution in [3.63, 3.8) is 0 Å². The molecule has 0 spiro atoms. The maximum absolute atomic E-state index is 9.62. The van der Waals surface area contributed by atoms with Crippen molar-refractivity contribution in [2.45, 2.75) is 38.1 Å². The van der Waals surface area contributed by atoms with Gasteiger partial charge in [-0.05, 0) is 30.5 Å². The highest BCUT2D eigenvalue weighted by Gasteiger charge is 2.16. The van der Waals surface area contributed by atoms with E-state index in [2.05, 4.69) is 48.3 Å². The third-order valence-electron chi connectivity index (χ3n) is 5.96. The molecule has 9 nitrogen and oxygen atoms in total. The number of carbonyl (C=O) groups is 1. The highest BCUT2D eigenvalue weighted by atomic mass is 16.4. The van der Waals surface area contributed by atoms with Crippen molar-refractivity contribution in [3.05, 3.63) is 67.5 Å². The fourth-order valence-electron chi connectivity index (χ4n) is 3.96. The topological polar surface area (TPSA) is 110 Å². The van der Waals surface area contributed by atoms with E-state index >= 15 is 0 Å². The minimum atomic E-state index is -0.907. The summed E-state index contributed by atoms with van der Waals surface area (Å²) in [6, 6.07) is 10.6. The number of hydrogen-bond donors (Lipinski definition) is 1. The molecule has 1 aromatic carbocycles. The molecule has 180 valence electrons. The lowest BCUT2D eigenvalue weighted by Gasteiger charge is -2.21. The molecule has 0 unspecified atom stereocenters. The van der Waals surface area contributed by atoms with Crippen LogP contribution >= 0.6 is 0 Å². The lowest BCUT2D eigenvalue weighted by Crippen LogP contribution is -2.18. The quantitative estimate of drug-likeness (QED) is 0.436. The molecule has 1 fully saturated rings. The fourth-order valence-corrected chi connectivity index (χ4v) is 3.96. The van der Waals surface area contributed by atoms with Gasteiger partial charge in [0.25, 0.3) is 0 Å². The van der Waals surface area contributed by atoms with Crippen molar-refractivity contribution in [2.75, 3.05) is 14.1 Å². The Kier molecular flexibility index (Phi) is 7.77. The van der Waals surface area contributed by atoms with Crippen LogP contribution in [-0.2, 0) is 0 Å². The first-order valence-electron chi connectivity index (χ1n) is 11.7. The Hall–Kier alpha value is -4.14. The van der Waals surface area contributed by atoms with Gasteiger partial charge in [0.15, 0.2) is 5.82 Å². The van der Waals surface area contributed by atoms with Crippen LogP contribution in [-0.4, -0.2) is 60.1 Å². The molecule has 3 aromatic heterocycles. The van der Waals surface area contributed by atoms with Crippen LogP contribution in [0.2, 0.25) is 0 Å². The minimum absolute atomic E-state index is 0.531. The van der Waals surface area contributed by atoms with Gasteiger partial charge in [0.05, 0.1) is 24.6 Å². The van der Waals surface area contributed by atoms with Crippen molar-refractivity contribution in [1.29, 1.82) is 0 Å². The Morgan fingerprint density at radius 2 is 1.60 bits per heavy atom. The zero-order valence-electron chi connectivity index (χ0n) is 19.9. The molecule has 0 saturated heterocycles. The summed E-state index contributed by atoms with van der Waals surface area (Å²) < 4.78 is 2.12. The van der Waals surface area contributed by atoms with Gasteiger partial charge >= 0.3 is 6.09 Å². The van der Waals surface area contributed by atoms with Gasteiger partial charge in [0.1, 0.15) is 0 Å². The van der Waals surface area contributed by atoms with Crippen molar-refractivity contribution < 1.29 is 9.90 Å². The molecule has 4 aromatic rings. The van der Waals surface area contributed by atoms with E-state index in [9.17, 15) is 4.79 Å². The predicted molar refractivity (Wildman–Crippen MR) is 134 cm³/mol. The summed E-state index contributed by atoms with van der Waals surface area (Å²) in [5.41, 5.74) is 5.13. The van der Waals surface area contributed by atoms with E-state index in [-0.39, 0.29) is 0 Å². The fraction of sp³-hybridized carbons (Fsp3) is 0.308. The molecule has 1 aliphatic carbocycles. The average molecular weight is 472 g/mol. The molecule has 0 bridgehead atoms. The van der Waals surface area contributed by atoms with E-state index in [0.29, 0.717) is 11.9 Å². The van der Waals surface area contributed by atoms with E-state index in [1.165, 1.54) is 46.2 Å². The van der Waals surface area contributed by atoms with Crippen LogP contribution in [0.3, 0.4) is 0 Å². The van der Waals surface area contributed by atoms with Crippen LogP contribution in [0.1, 0.15) is 38.1 Å². The molecular weight excluding hydrogens is 442 g/mol. The van der Waals surface area contributed by atoms with Gasteiger partial charge < -0.3 is 10.0 Å². The molecule has 5 rings (SSSR count). The summed E-state index contributed by atoms with van der Waals surface area (Å²) in [5, 5.41) is 20.3. The van der Waals surface area contributed by atoms with Crippen LogP contribution in [0.4, 0.5) is 4.79 Å². The Labute approximate surface area is 204 Å². The summed E-state index contributed by atoms with van der Waals surface area (Å²) in [5.74, 6) is 0.706. The third kappa shape index (κ3) is 6.26. The molecule has 1 aliphatic rings. The SMILES string of the molecule is CN(C)C(=O)O.c1cc(-c2ccnnc2)cc(-c2ncc(-c3cnn(C4CCCCC4)c3)cn2)c1. The second-order valence-electron chi connectivity index (χ2n) is 8.69. The van der Waals surface area contributed by atoms with Crippen LogP contribution in [0.5, 0.6) is 0 Å². The number of benzene rings is 1. The lowest BCUT2D eigenvalue weighted by molar-refractivity contribution is 0.165. The first kappa shape index (κ1) is 24.0. The summed E-state index contributed by atoms with van der Waals surface area (Å²) >= 11 is 0. The van der Waals surface area contributed by atoms with Gasteiger partial charge in [-0.1, -0.05) is 37.5 Å². The smallest absolute Gasteiger partial charge is 0.406 e. The number of carboxylic acid groups (broad SMARTS) is 1. The highest BCUT2D eigenvalue weighted by molar-refractivity contribution is 5.70. The van der Waals surface area contributed by atoms with Gasteiger partial charge in [0, 0.05) is 54.9 Å². The molecule has 0 atom stereocenters. The number of nitrogens with zero attached hydrogens (tertiary/aromatic N) is 7. The molecular formula is C26H29N7O2. The zero-order valence-corrected chi connectivity index (χ0v) is 19.9. The third-order valence-corrected chi connectivity index (χ3v) is 5.96. The maximum Gasteiger partial charge on any atom is 0.406 e. The van der Waals surface area contributed by atoms with Gasteiger partial charge in [-0.25, -0.2) is 14.8 Å². The molecule has 0 radical (unpaired) electrons. The van der Waals surface area contributed by atoms with E-state index in [1.807, 2.05) is 36.8 Å². The number of hydrogen-bond acceptors (Lipinski definition) is 6. The number of amides is 1. The second kappa shape index (κ2) is 11.3. The van der Waals surface area contributed by atoms with Gasteiger partial charge in [0.2, 0.25) is 0 Å². The first-order valence-corrected chi connectivity index (χ1v) is 11.7. The monoisotopic (exact) mass is 471 g/mol. The largest absolute Gasteiger partial charge is 0.465 e. The molecule has 3 heterocycles. The van der Waals surface area contributed by atoms with Gasteiger partial charge in [-0.15, -0.1) is 0 Å². The summed E-state index contributed by atoms with van der Waals surface area (Å²) in [4.78, 5) is 19.9. The predicted octanol–water partition coefficient (Wildman–Crippen LogP) is 5.20. The zero-order chi connectivity index (χ0) is 24.6. The van der Waals surface area contributed by atoms with Crippen LogP contribution in [0.25, 0.3) is 33.6 Å². The highest BCUT2D eigenvalue weighted by Crippen LogP contribution is 2.29. The average Bonchev–Trinajstić information content (AvgIpc) is 3.41. The van der Waals surface area contributed by atoms with E-state index < -0.39 is 6.09 Å². The second-order valence-corrected chi connectivity index (χ2v) is 8.69. The first-order chi connectivity index (χ1) is 17.0. The normalized spacial score (nSPS) is 13.5. The van der Waals surface area contributed by atoms with E-state index in [0.717, 1.165) is 32.7 Å². The van der Waals surface area contributed by atoms with Crippen LogP contribution in [0.15, 0.2) is 67.5 Å². The summed E-state index contributed by atoms with van der Waals surface area (Å²) in [6.45, 7) is 0. The van der Waals surface area contributed by atoms with E-state index in [4.69, 9.17) is 5.11 Å².